The van der Waals surface area contributed by atoms with Gasteiger partial charge in [0.2, 0.25) is 5.91 Å². The topological polar surface area (TPSA) is 65.8 Å². The van der Waals surface area contributed by atoms with Crippen LogP contribution < -0.4 is 14.4 Å². The number of carbonyl (C=O) groups is 1. The van der Waals surface area contributed by atoms with Gasteiger partial charge < -0.3 is 14.4 Å². The van der Waals surface area contributed by atoms with Crippen LogP contribution in [0.25, 0.3) is 0 Å². The van der Waals surface area contributed by atoms with Crippen molar-refractivity contribution in [2.45, 2.75) is 40.3 Å². The first-order valence-electron chi connectivity index (χ1n) is 10.4. The van der Waals surface area contributed by atoms with Crippen molar-refractivity contribution in [2.75, 3.05) is 31.6 Å². The summed E-state index contributed by atoms with van der Waals surface area (Å²) in [6, 6.07) is 12.7. The van der Waals surface area contributed by atoms with Crippen LogP contribution in [0.5, 0.6) is 11.5 Å². The number of ether oxygens (including phenoxy) is 2. The molecule has 2 aromatic carbocycles. The highest BCUT2D eigenvalue weighted by atomic mass is 19.3. The van der Waals surface area contributed by atoms with Gasteiger partial charge in [0.1, 0.15) is 0 Å². The zero-order valence-corrected chi connectivity index (χ0v) is 18.9. The van der Waals surface area contributed by atoms with Gasteiger partial charge in [-0.05, 0) is 68.8 Å². The number of aryl methyl sites for hydroxylation is 2. The number of benzene rings is 2. The molecule has 1 amide bonds. The number of rotatable bonds is 11. The van der Waals surface area contributed by atoms with Gasteiger partial charge in [-0.3, -0.25) is 9.69 Å². The lowest BCUT2D eigenvalue weighted by atomic mass is 10.1. The minimum absolute atomic E-state index is 0.0261. The number of amides is 1. The Morgan fingerprint density at radius 3 is 2.41 bits per heavy atom. The van der Waals surface area contributed by atoms with Gasteiger partial charge in [-0.2, -0.15) is 14.0 Å². The quantitative estimate of drug-likeness (QED) is 0.502. The number of nitrogens with zero attached hydrogens (tertiary/aromatic N) is 3. The zero-order valence-electron chi connectivity index (χ0n) is 18.9. The Morgan fingerprint density at radius 1 is 1.12 bits per heavy atom. The summed E-state index contributed by atoms with van der Waals surface area (Å²) in [6.45, 7) is 3.88. The van der Waals surface area contributed by atoms with Crippen LogP contribution in [-0.4, -0.2) is 44.2 Å². The second-order valence-corrected chi connectivity index (χ2v) is 7.56. The van der Waals surface area contributed by atoms with Crippen molar-refractivity contribution in [3.63, 3.8) is 0 Å². The van der Waals surface area contributed by atoms with E-state index in [1.54, 1.807) is 31.0 Å². The van der Waals surface area contributed by atoms with E-state index in [9.17, 15) is 13.6 Å². The maximum Gasteiger partial charge on any atom is 0.387 e. The lowest BCUT2D eigenvalue weighted by molar-refractivity contribution is -0.119. The zero-order chi connectivity index (χ0) is 23.7. The first-order chi connectivity index (χ1) is 15.2. The number of hydrogen-bond donors (Lipinski definition) is 0. The van der Waals surface area contributed by atoms with Crippen LogP contribution in [0, 0.1) is 25.2 Å². The largest absolute Gasteiger partial charge is 0.490 e. The molecule has 0 saturated carbocycles. The van der Waals surface area contributed by atoms with E-state index in [4.69, 9.17) is 10.00 Å². The van der Waals surface area contributed by atoms with Crippen LogP contribution in [0.3, 0.4) is 0 Å². The Morgan fingerprint density at radius 2 is 1.81 bits per heavy atom. The summed E-state index contributed by atoms with van der Waals surface area (Å²) in [5.41, 5.74) is 3.64. The monoisotopic (exact) mass is 445 g/mol. The maximum absolute atomic E-state index is 13.1. The van der Waals surface area contributed by atoms with Gasteiger partial charge in [0.05, 0.1) is 25.6 Å². The van der Waals surface area contributed by atoms with Crippen LogP contribution in [-0.2, 0) is 11.3 Å². The van der Waals surface area contributed by atoms with Gasteiger partial charge in [-0.25, -0.2) is 0 Å². The number of alkyl halides is 2. The van der Waals surface area contributed by atoms with E-state index in [-0.39, 0.29) is 30.4 Å². The summed E-state index contributed by atoms with van der Waals surface area (Å²) in [5, 5.41) is 9.01. The van der Waals surface area contributed by atoms with E-state index < -0.39 is 6.61 Å². The molecule has 2 rings (SSSR count). The molecule has 0 heterocycles. The molecule has 32 heavy (non-hydrogen) atoms. The fourth-order valence-electron chi connectivity index (χ4n) is 3.46. The second kappa shape index (κ2) is 12.0. The average Bonchev–Trinajstić information content (AvgIpc) is 2.69. The van der Waals surface area contributed by atoms with Gasteiger partial charge in [0.15, 0.2) is 11.5 Å². The number of halogens is 2. The van der Waals surface area contributed by atoms with Crippen molar-refractivity contribution in [2.24, 2.45) is 0 Å². The summed E-state index contributed by atoms with van der Waals surface area (Å²) in [4.78, 5) is 16.5. The third-order valence-electron chi connectivity index (χ3n) is 4.65. The molecule has 2 aromatic rings. The summed E-state index contributed by atoms with van der Waals surface area (Å²) >= 11 is 0. The number of anilines is 1. The molecule has 172 valence electrons. The highest BCUT2D eigenvalue weighted by molar-refractivity contribution is 5.95. The molecular formula is C24H29F2N3O3. The number of nitriles is 1. The highest BCUT2D eigenvalue weighted by Crippen LogP contribution is 2.30. The molecule has 0 bridgehead atoms. The molecule has 0 saturated heterocycles. The SMILES string of the molecule is CCOc1cc(CN(C)CC(=O)N(CCC#N)c2cc(C)cc(C)c2)ccc1OC(F)F. The van der Waals surface area contributed by atoms with Crippen LogP contribution in [0.4, 0.5) is 14.5 Å². The van der Waals surface area contributed by atoms with Gasteiger partial charge in [0, 0.05) is 18.8 Å². The summed E-state index contributed by atoms with van der Waals surface area (Å²) in [5.74, 6) is 0.0770. The van der Waals surface area contributed by atoms with Crippen LogP contribution in [0.2, 0.25) is 0 Å². The fraction of sp³-hybridized carbons (Fsp3) is 0.417. The van der Waals surface area contributed by atoms with Crippen molar-refractivity contribution >= 4 is 11.6 Å². The van der Waals surface area contributed by atoms with Crippen molar-refractivity contribution in [3.8, 4) is 17.6 Å². The number of likely N-dealkylation sites (N-methyl/N-ethyl adjacent to an activating group) is 1. The first-order valence-corrected chi connectivity index (χ1v) is 10.4. The van der Waals surface area contributed by atoms with Crippen LogP contribution in [0.1, 0.15) is 30.0 Å². The van der Waals surface area contributed by atoms with Gasteiger partial charge in [-0.1, -0.05) is 12.1 Å². The predicted molar refractivity (Wildman–Crippen MR) is 119 cm³/mol. The molecule has 0 radical (unpaired) electrons. The van der Waals surface area contributed by atoms with E-state index in [0.717, 1.165) is 22.4 Å². The van der Waals surface area contributed by atoms with Gasteiger partial charge in [-0.15, -0.1) is 0 Å². The molecule has 8 heteroatoms. The molecule has 6 nitrogen and oxygen atoms in total. The Bertz CT molecular complexity index is 940. The lowest BCUT2D eigenvalue weighted by Gasteiger charge is -2.26. The normalized spacial score (nSPS) is 10.8. The Labute approximate surface area is 187 Å². The molecule has 0 aromatic heterocycles. The third kappa shape index (κ3) is 7.50. The highest BCUT2D eigenvalue weighted by Gasteiger charge is 2.19. The maximum atomic E-state index is 13.1. The molecule has 0 aliphatic rings. The minimum atomic E-state index is -2.94. The average molecular weight is 446 g/mol. The van der Waals surface area contributed by atoms with E-state index in [1.165, 1.54) is 6.07 Å². The molecule has 0 spiro atoms. The second-order valence-electron chi connectivity index (χ2n) is 7.56. The van der Waals surface area contributed by atoms with E-state index in [0.29, 0.717) is 19.7 Å². The first kappa shape index (κ1) is 25.1. The minimum Gasteiger partial charge on any atom is -0.490 e. The summed E-state index contributed by atoms with van der Waals surface area (Å²) in [7, 11) is 1.80. The molecule has 0 aliphatic heterocycles. The van der Waals surface area contributed by atoms with E-state index >= 15 is 0 Å². The van der Waals surface area contributed by atoms with E-state index in [2.05, 4.69) is 10.8 Å². The predicted octanol–water partition coefficient (Wildman–Crippen LogP) is 4.68. The smallest absolute Gasteiger partial charge is 0.387 e. The molecule has 0 N–H and O–H groups in total. The molecule has 0 unspecified atom stereocenters. The van der Waals surface area contributed by atoms with Crippen molar-refractivity contribution < 1.29 is 23.0 Å². The van der Waals surface area contributed by atoms with Gasteiger partial charge in [0.25, 0.3) is 0 Å². The third-order valence-corrected chi connectivity index (χ3v) is 4.65. The molecule has 0 fully saturated rings. The van der Waals surface area contributed by atoms with Crippen molar-refractivity contribution in [1.82, 2.24) is 4.90 Å². The molecule has 0 atom stereocenters. The Balaban J connectivity index is 2.13. The van der Waals surface area contributed by atoms with Gasteiger partial charge >= 0.3 is 6.61 Å². The summed E-state index contributed by atoms with van der Waals surface area (Å²) < 4.78 is 35.1. The summed E-state index contributed by atoms with van der Waals surface area (Å²) in [6.07, 6.45) is 0.228. The molecule has 0 aliphatic carbocycles. The standard InChI is InChI=1S/C24H29F2N3O3/c1-5-31-22-14-19(7-8-21(22)32-24(25)26)15-28(4)16-23(30)29(10-6-9-27)20-12-17(2)11-18(3)13-20/h7-8,11-14,24H,5-6,10,15-16H2,1-4H3. The number of carbonyl (C=O) groups excluding carboxylic acids is 1. The number of hydrogen-bond acceptors (Lipinski definition) is 5. The van der Waals surface area contributed by atoms with Crippen LogP contribution >= 0.6 is 0 Å². The Hall–Kier alpha value is -3.18. The molecular weight excluding hydrogens is 416 g/mol. The van der Waals surface area contributed by atoms with Crippen molar-refractivity contribution in [1.29, 1.82) is 5.26 Å². The fourth-order valence-corrected chi connectivity index (χ4v) is 3.46. The van der Waals surface area contributed by atoms with E-state index in [1.807, 2.05) is 36.9 Å². The van der Waals surface area contributed by atoms with Crippen LogP contribution in [0.15, 0.2) is 36.4 Å². The Kier molecular flexibility index (Phi) is 9.41. The lowest BCUT2D eigenvalue weighted by Crippen LogP contribution is -2.39. The van der Waals surface area contributed by atoms with Crippen molar-refractivity contribution in [3.05, 3.63) is 53.1 Å².